The molecule has 0 aliphatic carbocycles. The fraction of sp³-hybridized carbons (Fsp3) is 0.688. The van der Waals surface area contributed by atoms with Gasteiger partial charge in [0.2, 0.25) is 0 Å². The number of amides is 1. The molecule has 1 aromatic rings. The molecule has 0 spiro atoms. The minimum absolute atomic E-state index is 0.212. The second-order valence-corrected chi connectivity index (χ2v) is 6.77. The molecule has 0 unspecified atom stereocenters. The SMILES string of the molecule is CCC(CC)(CNC(=O)OC(C)(C)C)NCc1ccc(Cl)o1. The molecule has 6 heteroatoms. The average Bonchev–Trinajstić information content (AvgIpc) is 2.84. The maximum absolute atomic E-state index is 11.8. The largest absolute Gasteiger partial charge is 0.448 e. The normalized spacial score (nSPS) is 12.3. The van der Waals surface area contributed by atoms with Crippen molar-refractivity contribution in [3.63, 3.8) is 0 Å². The van der Waals surface area contributed by atoms with Crippen LogP contribution in [0.2, 0.25) is 5.22 Å². The molecule has 22 heavy (non-hydrogen) atoms. The van der Waals surface area contributed by atoms with Crippen molar-refractivity contribution in [1.82, 2.24) is 10.6 Å². The molecule has 0 radical (unpaired) electrons. The van der Waals surface area contributed by atoms with Crippen LogP contribution in [0.1, 0.15) is 53.2 Å². The number of rotatable bonds is 7. The van der Waals surface area contributed by atoms with Gasteiger partial charge in [-0.1, -0.05) is 13.8 Å². The number of nitrogens with one attached hydrogen (secondary N) is 2. The van der Waals surface area contributed by atoms with Crippen molar-refractivity contribution in [3.8, 4) is 0 Å². The lowest BCUT2D eigenvalue weighted by Crippen LogP contribution is -2.53. The van der Waals surface area contributed by atoms with E-state index in [-0.39, 0.29) is 5.54 Å². The van der Waals surface area contributed by atoms with Crippen LogP contribution in [0.5, 0.6) is 0 Å². The van der Waals surface area contributed by atoms with Crippen LogP contribution in [0.25, 0.3) is 0 Å². The molecular weight excluding hydrogens is 304 g/mol. The van der Waals surface area contributed by atoms with Crippen LogP contribution >= 0.6 is 11.6 Å². The van der Waals surface area contributed by atoms with Crippen LogP contribution in [-0.4, -0.2) is 23.8 Å². The summed E-state index contributed by atoms with van der Waals surface area (Å²) in [5.41, 5.74) is -0.709. The lowest BCUT2D eigenvalue weighted by Gasteiger charge is -2.33. The maximum atomic E-state index is 11.8. The molecular formula is C16H27ClN2O3. The summed E-state index contributed by atoms with van der Waals surface area (Å²) in [4.78, 5) is 11.8. The number of carbonyl (C=O) groups excluding carboxylic acids is 1. The third-order valence-corrected chi connectivity index (χ3v) is 3.79. The molecule has 0 aliphatic heterocycles. The van der Waals surface area contributed by atoms with Crippen molar-refractivity contribution in [2.24, 2.45) is 0 Å². The van der Waals surface area contributed by atoms with Crippen LogP contribution < -0.4 is 10.6 Å². The Labute approximate surface area is 137 Å². The molecule has 0 atom stereocenters. The van der Waals surface area contributed by atoms with E-state index in [0.29, 0.717) is 18.3 Å². The molecule has 1 amide bonds. The van der Waals surface area contributed by atoms with Gasteiger partial charge in [-0.15, -0.1) is 0 Å². The van der Waals surface area contributed by atoms with Gasteiger partial charge in [-0.2, -0.15) is 0 Å². The first-order valence-corrected chi connectivity index (χ1v) is 8.03. The summed E-state index contributed by atoms with van der Waals surface area (Å²) in [6.07, 6.45) is 1.34. The van der Waals surface area contributed by atoms with Gasteiger partial charge in [-0.05, 0) is 57.3 Å². The van der Waals surface area contributed by atoms with Crippen molar-refractivity contribution in [2.75, 3.05) is 6.54 Å². The van der Waals surface area contributed by atoms with Gasteiger partial charge in [0.05, 0.1) is 6.54 Å². The summed E-state index contributed by atoms with van der Waals surface area (Å²) >= 11 is 5.77. The molecule has 0 bridgehead atoms. The highest BCUT2D eigenvalue weighted by molar-refractivity contribution is 6.28. The van der Waals surface area contributed by atoms with E-state index in [1.807, 2.05) is 26.8 Å². The Kier molecular flexibility index (Phi) is 6.75. The average molecular weight is 331 g/mol. The highest BCUT2D eigenvalue weighted by atomic mass is 35.5. The van der Waals surface area contributed by atoms with Crippen molar-refractivity contribution < 1.29 is 13.9 Å². The number of alkyl carbamates (subject to hydrolysis) is 1. The molecule has 0 aromatic carbocycles. The van der Waals surface area contributed by atoms with Crippen molar-refractivity contribution in [3.05, 3.63) is 23.1 Å². The Morgan fingerprint density at radius 1 is 1.27 bits per heavy atom. The monoisotopic (exact) mass is 330 g/mol. The number of furan rings is 1. The number of ether oxygens (including phenoxy) is 1. The minimum atomic E-state index is -0.497. The van der Waals surface area contributed by atoms with Crippen molar-refractivity contribution >= 4 is 17.7 Å². The summed E-state index contributed by atoms with van der Waals surface area (Å²) in [6, 6.07) is 3.56. The molecule has 1 aromatic heterocycles. The van der Waals surface area contributed by atoms with Gasteiger partial charge in [0.15, 0.2) is 5.22 Å². The van der Waals surface area contributed by atoms with Crippen LogP contribution in [0, 0.1) is 0 Å². The number of hydrogen-bond acceptors (Lipinski definition) is 4. The third-order valence-electron chi connectivity index (χ3n) is 3.59. The summed E-state index contributed by atoms with van der Waals surface area (Å²) in [6.45, 7) is 10.8. The summed E-state index contributed by atoms with van der Waals surface area (Å²) in [5.74, 6) is 0.772. The van der Waals surface area contributed by atoms with Gasteiger partial charge >= 0.3 is 6.09 Å². The Morgan fingerprint density at radius 3 is 2.36 bits per heavy atom. The molecule has 0 saturated heterocycles. The molecule has 1 heterocycles. The van der Waals surface area contributed by atoms with E-state index in [9.17, 15) is 4.79 Å². The van der Waals surface area contributed by atoms with E-state index >= 15 is 0 Å². The van der Waals surface area contributed by atoms with Gasteiger partial charge in [-0.3, -0.25) is 0 Å². The number of hydrogen-bond donors (Lipinski definition) is 2. The zero-order valence-corrected chi connectivity index (χ0v) is 14.8. The van der Waals surface area contributed by atoms with Crippen LogP contribution in [0.4, 0.5) is 4.79 Å². The highest BCUT2D eigenvalue weighted by Gasteiger charge is 2.27. The lowest BCUT2D eigenvalue weighted by molar-refractivity contribution is 0.0506. The summed E-state index contributed by atoms with van der Waals surface area (Å²) in [7, 11) is 0. The van der Waals surface area contributed by atoms with Crippen LogP contribution in [-0.2, 0) is 11.3 Å². The van der Waals surface area contributed by atoms with Gasteiger partial charge in [-0.25, -0.2) is 4.79 Å². The highest BCUT2D eigenvalue weighted by Crippen LogP contribution is 2.18. The maximum Gasteiger partial charge on any atom is 0.407 e. The second kappa shape index (κ2) is 7.88. The number of carbonyl (C=O) groups is 1. The minimum Gasteiger partial charge on any atom is -0.448 e. The molecule has 0 aliphatic rings. The van der Waals surface area contributed by atoms with E-state index in [0.717, 1.165) is 18.6 Å². The molecule has 2 N–H and O–H groups in total. The second-order valence-electron chi connectivity index (χ2n) is 6.40. The standard InChI is InChI=1S/C16H27ClN2O3/c1-6-16(7-2,11-18-14(20)22-15(3,4)5)19-10-12-8-9-13(17)21-12/h8-9,19H,6-7,10-11H2,1-5H3,(H,18,20). The first-order chi connectivity index (χ1) is 10.2. The summed E-state index contributed by atoms with van der Waals surface area (Å²) in [5, 5.41) is 6.68. The molecule has 0 fully saturated rings. The third kappa shape index (κ3) is 6.28. The molecule has 0 saturated carbocycles. The van der Waals surface area contributed by atoms with E-state index in [4.69, 9.17) is 20.8 Å². The predicted octanol–water partition coefficient (Wildman–Crippen LogP) is 4.11. The molecule has 1 rings (SSSR count). The lowest BCUT2D eigenvalue weighted by atomic mass is 9.92. The van der Waals surface area contributed by atoms with E-state index < -0.39 is 11.7 Å². The Bertz CT molecular complexity index is 476. The Balaban J connectivity index is 2.56. The quantitative estimate of drug-likeness (QED) is 0.789. The van der Waals surface area contributed by atoms with Gasteiger partial charge in [0.25, 0.3) is 0 Å². The van der Waals surface area contributed by atoms with Gasteiger partial charge in [0.1, 0.15) is 11.4 Å². The smallest absolute Gasteiger partial charge is 0.407 e. The molecule has 5 nitrogen and oxygen atoms in total. The van der Waals surface area contributed by atoms with Gasteiger partial charge < -0.3 is 19.8 Å². The fourth-order valence-electron chi connectivity index (χ4n) is 2.09. The fourth-order valence-corrected chi connectivity index (χ4v) is 2.25. The van der Waals surface area contributed by atoms with Gasteiger partial charge in [0, 0.05) is 12.1 Å². The summed E-state index contributed by atoms with van der Waals surface area (Å²) < 4.78 is 10.6. The molecule has 126 valence electrons. The number of halogens is 1. The van der Waals surface area contributed by atoms with E-state index in [1.165, 1.54) is 0 Å². The zero-order chi connectivity index (χ0) is 16.8. The van der Waals surface area contributed by atoms with E-state index in [2.05, 4.69) is 24.5 Å². The zero-order valence-electron chi connectivity index (χ0n) is 14.1. The van der Waals surface area contributed by atoms with Crippen molar-refractivity contribution in [2.45, 2.75) is 65.1 Å². The Hall–Kier alpha value is -1.20. The first kappa shape index (κ1) is 18.8. The first-order valence-electron chi connectivity index (χ1n) is 7.66. The van der Waals surface area contributed by atoms with Crippen molar-refractivity contribution in [1.29, 1.82) is 0 Å². The Morgan fingerprint density at radius 2 is 1.91 bits per heavy atom. The van der Waals surface area contributed by atoms with E-state index in [1.54, 1.807) is 6.07 Å². The van der Waals surface area contributed by atoms with Crippen LogP contribution in [0.15, 0.2) is 16.5 Å². The van der Waals surface area contributed by atoms with Crippen LogP contribution in [0.3, 0.4) is 0 Å². The topological polar surface area (TPSA) is 63.5 Å². The predicted molar refractivity (Wildman–Crippen MR) is 88.1 cm³/mol.